The Labute approximate surface area is 219 Å². The van der Waals surface area contributed by atoms with Gasteiger partial charge in [0.05, 0.1) is 24.3 Å². The van der Waals surface area contributed by atoms with Gasteiger partial charge >= 0.3 is 0 Å². The second-order valence-electron chi connectivity index (χ2n) is 8.41. The van der Waals surface area contributed by atoms with Gasteiger partial charge < -0.3 is 20.1 Å². The number of fused-ring (bicyclic) bond motifs is 1. The highest BCUT2D eigenvalue weighted by Crippen LogP contribution is 2.40. The summed E-state index contributed by atoms with van der Waals surface area (Å²) in [7, 11) is 1.59. The monoisotopic (exact) mass is 515 g/mol. The summed E-state index contributed by atoms with van der Waals surface area (Å²) in [6.07, 6.45) is 0. The number of carbonyl (C=O) groups excluding carboxylic acids is 1. The Hall–Kier alpha value is -4.30. The summed E-state index contributed by atoms with van der Waals surface area (Å²) in [5, 5.41) is 11.6. The van der Waals surface area contributed by atoms with Crippen LogP contribution in [0.5, 0.6) is 11.5 Å². The van der Waals surface area contributed by atoms with Crippen LogP contribution in [0.15, 0.2) is 84.1 Å². The fourth-order valence-electron chi connectivity index (χ4n) is 4.36. The Kier molecular flexibility index (Phi) is 6.83. The van der Waals surface area contributed by atoms with Crippen molar-refractivity contribution in [2.24, 2.45) is 0 Å². The number of benzene rings is 3. The van der Waals surface area contributed by atoms with Gasteiger partial charge in [-0.05, 0) is 55.8 Å². The molecule has 0 radical (unpaired) electrons. The van der Waals surface area contributed by atoms with E-state index in [1.807, 2.05) is 80.6 Å². The summed E-state index contributed by atoms with van der Waals surface area (Å²) in [6, 6.07) is 21.7. The fraction of sp³-hybridized carbons (Fsp3) is 0.179. The van der Waals surface area contributed by atoms with E-state index in [1.165, 1.54) is 0 Å². The average Bonchev–Trinajstić information content (AvgIpc) is 3.32. The molecule has 5 rings (SSSR count). The number of aromatic nitrogens is 3. The van der Waals surface area contributed by atoms with Crippen LogP contribution >= 0.6 is 11.6 Å². The predicted molar refractivity (Wildman–Crippen MR) is 144 cm³/mol. The molecule has 3 aromatic carbocycles. The topological polar surface area (TPSA) is 90.3 Å². The second kappa shape index (κ2) is 10.4. The fourth-order valence-corrected chi connectivity index (χ4v) is 4.58. The van der Waals surface area contributed by atoms with Gasteiger partial charge in [0.1, 0.15) is 6.04 Å². The third-order valence-corrected chi connectivity index (χ3v) is 6.38. The summed E-state index contributed by atoms with van der Waals surface area (Å²) in [4.78, 5) is 18.4. The predicted octanol–water partition coefficient (Wildman–Crippen LogP) is 5.93. The van der Waals surface area contributed by atoms with E-state index in [1.54, 1.807) is 17.9 Å². The zero-order chi connectivity index (χ0) is 25.9. The second-order valence-corrected chi connectivity index (χ2v) is 8.82. The number of nitrogens with zero attached hydrogens (tertiary/aromatic N) is 3. The summed E-state index contributed by atoms with van der Waals surface area (Å²) in [5.74, 6) is 1.88. The van der Waals surface area contributed by atoms with Gasteiger partial charge in [-0.1, -0.05) is 48.0 Å². The highest BCUT2D eigenvalue weighted by molar-refractivity contribution is 6.33. The van der Waals surface area contributed by atoms with Crippen molar-refractivity contribution in [2.75, 3.05) is 24.4 Å². The molecule has 37 heavy (non-hydrogen) atoms. The van der Waals surface area contributed by atoms with Crippen molar-refractivity contribution in [1.82, 2.24) is 14.8 Å². The van der Waals surface area contributed by atoms with Gasteiger partial charge in [0.15, 0.2) is 17.3 Å². The minimum absolute atomic E-state index is 0.255. The molecule has 4 aromatic rings. The third-order valence-electron chi connectivity index (χ3n) is 6.05. The maximum absolute atomic E-state index is 13.7. The number of amides is 1. The molecule has 1 aliphatic heterocycles. The van der Waals surface area contributed by atoms with Crippen LogP contribution in [0.3, 0.4) is 0 Å². The number of rotatable bonds is 7. The molecule has 1 atom stereocenters. The standard InChI is InChI=1S/C28H26ClN5O3/c1-4-37-22-15-14-18(16-23(22)36-3)25-24(27(35)31-19-10-6-5-7-11-19)17(2)30-28-32-26(33-34(25)28)20-12-8-9-13-21(20)29/h5-16,25H,4H2,1-3H3,(H,31,35)(H,30,32,33)/t25-/m1/s1. The van der Waals surface area contributed by atoms with Crippen LogP contribution < -0.4 is 20.1 Å². The Morgan fingerprint density at radius 3 is 2.57 bits per heavy atom. The summed E-state index contributed by atoms with van der Waals surface area (Å²) < 4.78 is 13.0. The van der Waals surface area contributed by atoms with Crippen molar-refractivity contribution in [3.8, 4) is 22.9 Å². The molecule has 1 aliphatic rings. The number of nitrogens with one attached hydrogen (secondary N) is 2. The maximum atomic E-state index is 13.7. The first-order chi connectivity index (χ1) is 18.0. The van der Waals surface area contributed by atoms with Gasteiger partial charge in [0.25, 0.3) is 5.91 Å². The number of hydrogen-bond donors (Lipinski definition) is 2. The molecule has 2 N–H and O–H groups in total. The van der Waals surface area contributed by atoms with E-state index in [9.17, 15) is 4.79 Å². The van der Waals surface area contributed by atoms with Gasteiger partial charge in [0.2, 0.25) is 5.95 Å². The van der Waals surface area contributed by atoms with Crippen molar-refractivity contribution in [3.63, 3.8) is 0 Å². The average molecular weight is 516 g/mol. The van der Waals surface area contributed by atoms with Gasteiger partial charge in [-0.25, -0.2) is 4.68 Å². The third kappa shape index (κ3) is 4.75. The molecule has 0 unspecified atom stereocenters. The summed E-state index contributed by atoms with van der Waals surface area (Å²) >= 11 is 6.45. The number of ether oxygens (including phenoxy) is 2. The van der Waals surface area contributed by atoms with E-state index in [2.05, 4.69) is 10.6 Å². The van der Waals surface area contributed by atoms with E-state index >= 15 is 0 Å². The molecular weight excluding hydrogens is 490 g/mol. The van der Waals surface area contributed by atoms with Crippen LogP contribution in [0.2, 0.25) is 5.02 Å². The molecule has 1 aromatic heterocycles. The smallest absolute Gasteiger partial charge is 0.255 e. The lowest BCUT2D eigenvalue weighted by Crippen LogP contribution is -2.31. The molecule has 2 heterocycles. The van der Waals surface area contributed by atoms with E-state index in [4.69, 9.17) is 31.2 Å². The van der Waals surface area contributed by atoms with Crippen LogP contribution in [-0.2, 0) is 4.79 Å². The lowest BCUT2D eigenvalue weighted by molar-refractivity contribution is -0.113. The molecule has 0 fully saturated rings. The number of para-hydroxylation sites is 1. The molecular formula is C28H26ClN5O3. The van der Waals surface area contributed by atoms with Gasteiger partial charge in [-0.2, -0.15) is 4.98 Å². The minimum atomic E-state index is -0.590. The molecule has 9 heteroatoms. The van der Waals surface area contributed by atoms with Gasteiger partial charge in [-0.15, -0.1) is 5.10 Å². The van der Waals surface area contributed by atoms with Crippen molar-refractivity contribution in [3.05, 3.63) is 94.7 Å². The highest BCUT2D eigenvalue weighted by atomic mass is 35.5. The minimum Gasteiger partial charge on any atom is -0.493 e. The van der Waals surface area contributed by atoms with Crippen molar-refractivity contribution in [1.29, 1.82) is 0 Å². The SMILES string of the molecule is CCOc1ccc([C@@H]2C(C(=O)Nc3ccccc3)=C(C)Nc3nc(-c4ccccc4Cl)nn32)cc1OC. The zero-order valence-electron chi connectivity index (χ0n) is 20.7. The molecule has 8 nitrogen and oxygen atoms in total. The normalized spacial score (nSPS) is 14.5. The van der Waals surface area contributed by atoms with E-state index in [0.717, 1.165) is 5.56 Å². The highest BCUT2D eigenvalue weighted by Gasteiger charge is 2.35. The summed E-state index contributed by atoms with van der Waals surface area (Å²) in [6.45, 7) is 4.27. The first-order valence-corrected chi connectivity index (χ1v) is 12.2. The number of hydrogen-bond acceptors (Lipinski definition) is 6. The van der Waals surface area contributed by atoms with Crippen LogP contribution in [-0.4, -0.2) is 34.4 Å². The van der Waals surface area contributed by atoms with Crippen LogP contribution in [0.1, 0.15) is 25.5 Å². The van der Waals surface area contributed by atoms with Crippen LogP contribution in [0, 0.1) is 0 Å². The molecule has 188 valence electrons. The van der Waals surface area contributed by atoms with Crippen LogP contribution in [0.4, 0.5) is 11.6 Å². The lowest BCUT2D eigenvalue weighted by atomic mass is 9.94. The van der Waals surface area contributed by atoms with E-state index in [0.29, 0.717) is 57.4 Å². The molecule has 0 aliphatic carbocycles. The molecule has 0 saturated heterocycles. The van der Waals surface area contributed by atoms with Crippen molar-refractivity contribution in [2.45, 2.75) is 19.9 Å². The Balaban J connectivity index is 1.64. The Bertz CT molecular complexity index is 1480. The zero-order valence-corrected chi connectivity index (χ0v) is 21.4. The quantitative estimate of drug-likeness (QED) is 0.317. The lowest BCUT2D eigenvalue weighted by Gasteiger charge is -2.29. The molecule has 0 saturated carbocycles. The van der Waals surface area contributed by atoms with Crippen LogP contribution in [0.25, 0.3) is 11.4 Å². The van der Waals surface area contributed by atoms with Crippen molar-refractivity contribution >= 4 is 29.1 Å². The van der Waals surface area contributed by atoms with Crippen molar-refractivity contribution < 1.29 is 14.3 Å². The number of anilines is 2. The Morgan fingerprint density at radius 2 is 1.84 bits per heavy atom. The first-order valence-electron chi connectivity index (χ1n) is 11.9. The maximum Gasteiger partial charge on any atom is 0.255 e. The number of allylic oxidation sites excluding steroid dienone is 1. The molecule has 1 amide bonds. The Morgan fingerprint density at radius 1 is 1.08 bits per heavy atom. The summed E-state index contributed by atoms with van der Waals surface area (Å²) in [5.41, 5.74) is 3.34. The van der Waals surface area contributed by atoms with Gasteiger partial charge in [0, 0.05) is 16.9 Å². The molecule has 0 bridgehead atoms. The molecule has 0 spiro atoms. The van der Waals surface area contributed by atoms with Gasteiger partial charge in [-0.3, -0.25) is 4.79 Å². The first kappa shape index (κ1) is 24.4. The number of carbonyl (C=O) groups is 1. The van der Waals surface area contributed by atoms with E-state index < -0.39 is 6.04 Å². The van der Waals surface area contributed by atoms with E-state index in [-0.39, 0.29) is 5.91 Å². The largest absolute Gasteiger partial charge is 0.493 e. The number of methoxy groups -OCH3 is 1. The number of halogens is 1.